The molecule has 1 aliphatic rings. The number of urea groups is 1. The zero-order chi connectivity index (χ0) is 17.2. The van der Waals surface area contributed by atoms with E-state index in [0.717, 1.165) is 38.4 Å². The number of morpholine rings is 1. The van der Waals surface area contributed by atoms with Gasteiger partial charge in [0.25, 0.3) is 0 Å². The van der Waals surface area contributed by atoms with Gasteiger partial charge in [0, 0.05) is 26.2 Å². The summed E-state index contributed by atoms with van der Waals surface area (Å²) in [6, 6.07) is 7.74. The molecule has 0 bridgehead atoms. The molecule has 7 nitrogen and oxygen atoms in total. The molecule has 0 aromatic heterocycles. The van der Waals surface area contributed by atoms with Crippen molar-refractivity contribution in [2.24, 2.45) is 0 Å². The van der Waals surface area contributed by atoms with Gasteiger partial charge in [0.1, 0.15) is 6.54 Å². The second kappa shape index (κ2) is 9.89. The number of hydrogen-bond acceptors (Lipinski definition) is 5. The van der Waals surface area contributed by atoms with Crippen LogP contribution in [0.5, 0.6) is 0 Å². The van der Waals surface area contributed by atoms with E-state index < -0.39 is 5.97 Å². The van der Waals surface area contributed by atoms with Crippen molar-refractivity contribution >= 4 is 12.0 Å². The second-order valence-corrected chi connectivity index (χ2v) is 5.55. The predicted molar refractivity (Wildman–Crippen MR) is 89.4 cm³/mol. The fraction of sp³-hybridized carbons (Fsp3) is 0.529. The van der Waals surface area contributed by atoms with Crippen LogP contribution in [-0.4, -0.2) is 56.4 Å². The van der Waals surface area contributed by atoms with Gasteiger partial charge in [0.05, 0.1) is 19.8 Å². The van der Waals surface area contributed by atoms with Crippen molar-refractivity contribution in [1.29, 1.82) is 0 Å². The molecule has 1 fully saturated rings. The molecule has 0 unspecified atom stereocenters. The van der Waals surface area contributed by atoms with Crippen LogP contribution in [0.1, 0.15) is 18.1 Å². The van der Waals surface area contributed by atoms with Crippen LogP contribution in [-0.2, 0) is 27.4 Å². The molecule has 24 heavy (non-hydrogen) atoms. The summed E-state index contributed by atoms with van der Waals surface area (Å²) in [4.78, 5) is 25.2. The van der Waals surface area contributed by atoms with Crippen LogP contribution in [0.2, 0.25) is 0 Å². The number of hydrogen-bond donors (Lipinski definition) is 2. The summed E-state index contributed by atoms with van der Waals surface area (Å²) >= 11 is 0. The Bertz CT molecular complexity index is 544. The number of esters is 1. The molecule has 0 atom stereocenters. The van der Waals surface area contributed by atoms with Crippen LogP contribution in [0, 0.1) is 0 Å². The molecule has 1 heterocycles. The Morgan fingerprint density at radius 2 is 1.96 bits per heavy atom. The molecule has 2 amide bonds. The van der Waals surface area contributed by atoms with Gasteiger partial charge in [-0.1, -0.05) is 24.3 Å². The standard InChI is InChI=1S/C17H25N3O4/c1-2-24-16(21)12-19-17(22)18-11-14-4-3-5-15(10-14)13-20-6-8-23-9-7-20/h3-5,10H,2,6-9,11-13H2,1H3,(H2,18,19,22). The van der Waals surface area contributed by atoms with Crippen molar-refractivity contribution in [3.05, 3.63) is 35.4 Å². The minimum Gasteiger partial charge on any atom is -0.465 e. The molecule has 0 aliphatic carbocycles. The summed E-state index contributed by atoms with van der Waals surface area (Å²) in [7, 11) is 0. The molecule has 7 heteroatoms. The molecule has 1 saturated heterocycles. The highest BCUT2D eigenvalue weighted by Crippen LogP contribution is 2.10. The smallest absolute Gasteiger partial charge is 0.325 e. The van der Waals surface area contributed by atoms with Gasteiger partial charge in [0.2, 0.25) is 0 Å². The highest BCUT2D eigenvalue weighted by molar-refractivity contribution is 5.80. The van der Waals surface area contributed by atoms with Crippen molar-refractivity contribution in [2.75, 3.05) is 39.5 Å². The highest BCUT2D eigenvalue weighted by atomic mass is 16.5. The first kappa shape index (κ1) is 18.2. The minimum atomic E-state index is -0.444. The third-order valence-electron chi connectivity index (χ3n) is 3.65. The van der Waals surface area contributed by atoms with Gasteiger partial charge in [-0.05, 0) is 18.1 Å². The lowest BCUT2D eigenvalue weighted by atomic mass is 10.1. The van der Waals surface area contributed by atoms with Gasteiger partial charge < -0.3 is 20.1 Å². The van der Waals surface area contributed by atoms with Crippen LogP contribution in [0.25, 0.3) is 0 Å². The average Bonchev–Trinajstić information content (AvgIpc) is 2.60. The minimum absolute atomic E-state index is 0.128. The van der Waals surface area contributed by atoms with E-state index in [4.69, 9.17) is 9.47 Å². The molecule has 1 aliphatic heterocycles. The molecule has 0 spiro atoms. The summed E-state index contributed by atoms with van der Waals surface area (Å²) < 4.78 is 10.1. The Labute approximate surface area is 142 Å². The van der Waals surface area contributed by atoms with Crippen molar-refractivity contribution in [1.82, 2.24) is 15.5 Å². The average molecular weight is 335 g/mol. The van der Waals surface area contributed by atoms with Gasteiger partial charge >= 0.3 is 12.0 Å². The Hall–Kier alpha value is -2.12. The van der Waals surface area contributed by atoms with Crippen LogP contribution in [0.3, 0.4) is 0 Å². The number of amides is 2. The summed E-state index contributed by atoms with van der Waals surface area (Å²) in [5, 5.41) is 5.21. The Morgan fingerprint density at radius 3 is 2.71 bits per heavy atom. The van der Waals surface area contributed by atoms with E-state index in [2.05, 4.69) is 27.7 Å². The summed E-state index contributed by atoms with van der Waals surface area (Å²) in [6.45, 7) is 6.63. The van der Waals surface area contributed by atoms with E-state index >= 15 is 0 Å². The number of nitrogens with zero attached hydrogens (tertiary/aromatic N) is 1. The lowest BCUT2D eigenvalue weighted by Crippen LogP contribution is -2.38. The zero-order valence-electron chi connectivity index (χ0n) is 14.0. The van der Waals surface area contributed by atoms with Crippen molar-refractivity contribution in [3.63, 3.8) is 0 Å². The summed E-state index contributed by atoms with van der Waals surface area (Å²) in [6.07, 6.45) is 0. The summed E-state index contributed by atoms with van der Waals surface area (Å²) in [5.41, 5.74) is 2.23. The van der Waals surface area contributed by atoms with Crippen molar-refractivity contribution in [2.45, 2.75) is 20.0 Å². The third kappa shape index (κ3) is 6.55. The molecule has 0 radical (unpaired) electrons. The SMILES string of the molecule is CCOC(=O)CNC(=O)NCc1cccc(CN2CCOCC2)c1. The van der Waals surface area contributed by atoms with E-state index in [1.807, 2.05) is 12.1 Å². The first-order chi connectivity index (χ1) is 11.7. The van der Waals surface area contributed by atoms with Gasteiger partial charge in [-0.25, -0.2) is 4.79 Å². The van der Waals surface area contributed by atoms with E-state index in [1.54, 1.807) is 6.92 Å². The van der Waals surface area contributed by atoms with Gasteiger partial charge in [-0.15, -0.1) is 0 Å². The molecule has 132 valence electrons. The molecular formula is C17H25N3O4. The van der Waals surface area contributed by atoms with Gasteiger partial charge in [-0.3, -0.25) is 9.69 Å². The van der Waals surface area contributed by atoms with E-state index in [9.17, 15) is 9.59 Å². The van der Waals surface area contributed by atoms with E-state index in [-0.39, 0.29) is 12.6 Å². The van der Waals surface area contributed by atoms with E-state index in [1.165, 1.54) is 5.56 Å². The number of carbonyl (C=O) groups is 2. The normalized spacial score (nSPS) is 14.9. The zero-order valence-corrected chi connectivity index (χ0v) is 14.0. The predicted octanol–water partition coefficient (Wildman–Crippen LogP) is 0.881. The lowest BCUT2D eigenvalue weighted by molar-refractivity contribution is -0.141. The second-order valence-electron chi connectivity index (χ2n) is 5.55. The largest absolute Gasteiger partial charge is 0.465 e. The topological polar surface area (TPSA) is 79.9 Å². The Balaban J connectivity index is 1.75. The highest BCUT2D eigenvalue weighted by Gasteiger charge is 2.11. The lowest BCUT2D eigenvalue weighted by Gasteiger charge is -2.26. The molecular weight excluding hydrogens is 310 g/mol. The van der Waals surface area contributed by atoms with Crippen LogP contribution >= 0.6 is 0 Å². The van der Waals surface area contributed by atoms with Gasteiger partial charge in [-0.2, -0.15) is 0 Å². The molecule has 1 aromatic carbocycles. The Morgan fingerprint density at radius 1 is 1.21 bits per heavy atom. The summed E-state index contributed by atoms with van der Waals surface area (Å²) in [5.74, 6) is -0.444. The fourth-order valence-corrected chi connectivity index (χ4v) is 2.46. The number of ether oxygens (including phenoxy) is 2. The van der Waals surface area contributed by atoms with Crippen molar-refractivity contribution in [3.8, 4) is 0 Å². The number of nitrogens with one attached hydrogen (secondary N) is 2. The fourth-order valence-electron chi connectivity index (χ4n) is 2.46. The van der Waals surface area contributed by atoms with Crippen LogP contribution < -0.4 is 10.6 Å². The molecule has 2 N–H and O–H groups in total. The Kier molecular flexibility index (Phi) is 7.51. The third-order valence-corrected chi connectivity index (χ3v) is 3.65. The maximum atomic E-state index is 11.7. The quantitative estimate of drug-likeness (QED) is 0.723. The number of benzene rings is 1. The van der Waals surface area contributed by atoms with E-state index in [0.29, 0.717) is 13.2 Å². The maximum absolute atomic E-state index is 11.7. The first-order valence-corrected chi connectivity index (χ1v) is 8.22. The monoisotopic (exact) mass is 335 g/mol. The molecule has 1 aromatic rings. The van der Waals surface area contributed by atoms with Crippen molar-refractivity contribution < 1.29 is 19.1 Å². The van der Waals surface area contributed by atoms with Gasteiger partial charge in [0.15, 0.2) is 0 Å². The number of carbonyl (C=O) groups excluding carboxylic acids is 2. The van der Waals surface area contributed by atoms with Crippen LogP contribution in [0.4, 0.5) is 4.79 Å². The number of rotatable bonds is 7. The molecule has 2 rings (SSSR count). The van der Waals surface area contributed by atoms with Crippen LogP contribution in [0.15, 0.2) is 24.3 Å². The maximum Gasteiger partial charge on any atom is 0.325 e. The molecule has 0 saturated carbocycles. The first-order valence-electron chi connectivity index (χ1n) is 8.22.